The fourth-order valence-corrected chi connectivity index (χ4v) is 4.29. The number of fused-ring (bicyclic) bond motifs is 2. The summed E-state index contributed by atoms with van der Waals surface area (Å²) >= 11 is 0. The monoisotopic (exact) mass is 331 g/mol. The molecule has 1 aromatic carbocycles. The standard InChI is InChI=1S/C19H25NO4/c1-13(21)20-16(22)19-10-15(18(4,12-19)24-17(19,2)3)23-11-14-8-6-5-7-9-14/h5-9,15H,10-12H2,1-4H3,(H,20,21,22)/t15-,18+,19+/m0/s1. The lowest BCUT2D eigenvalue weighted by Crippen LogP contribution is -2.56. The van der Waals surface area contributed by atoms with E-state index in [2.05, 4.69) is 5.32 Å². The molecule has 1 heterocycles. The van der Waals surface area contributed by atoms with Crippen molar-refractivity contribution in [3.05, 3.63) is 35.9 Å². The van der Waals surface area contributed by atoms with E-state index in [-0.39, 0.29) is 17.9 Å². The van der Waals surface area contributed by atoms with Crippen LogP contribution in [0, 0.1) is 5.41 Å². The summed E-state index contributed by atoms with van der Waals surface area (Å²) in [7, 11) is 0. The minimum Gasteiger partial charge on any atom is -0.371 e. The van der Waals surface area contributed by atoms with Gasteiger partial charge in [-0.2, -0.15) is 0 Å². The zero-order chi connectivity index (χ0) is 17.6. The molecule has 0 unspecified atom stereocenters. The summed E-state index contributed by atoms with van der Waals surface area (Å²) < 4.78 is 12.4. The average Bonchev–Trinajstić information content (AvgIpc) is 2.90. The van der Waals surface area contributed by atoms with E-state index in [1.54, 1.807) is 0 Å². The van der Waals surface area contributed by atoms with Crippen LogP contribution in [-0.2, 0) is 25.7 Å². The van der Waals surface area contributed by atoms with Gasteiger partial charge in [0.15, 0.2) is 0 Å². The van der Waals surface area contributed by atoms with E-state index in [1.165, 1.54) is 6.92 Å². The van der Waals surface area contributed by atoms with Crippen molar-refractivity contribution in [2.75, 3.05) is 0 Å². The number of ether oxygens (including phenoxy) is 2. The first-order valence-electron chi connectivity index (χ1n) is 8.36. The Bertz CT molecular complexity index is 657. The molecule has 1 aliphatic heterocycles. The fraction of sp³-hybridized carbons (Fsp3) is 0.579. The molecule has 2 aliphatic rings. The second-order valence-corrected chi connectivity index (χ2v) is 7.68. The predicted octanol–water partition coefficient (Wildman–Crippen LogP) is 2.58. The van der Waals surface area contributed by atoms with Crippen LogP contribution in [0.4, 0.5) is 0 Å². The Hall–Kier alpha value is -1.72. The lowest BCUT2D eigenvalue weighted by atomic mass is 9.72. The normalized spacial score (nSPS) is 33.4. The van der Waals surface area contributed by atoms with Crippen LogP contribution in [0.1, 0.15) is 46.1 Å². The number of carbonyl (C=O) groups excluding carboxylic acids is 2. The summed E-state index contributed by atoms with van der Waals surface area (Å²) in [5.41, 5.74) is -0.805. The second kappa shape index (κ2) is 5.67. The van der Waals surface area contributed by atoms with Crippen LogP contribution in [0.3, 0.4) is 0 Å². The first-order chi connectivity index (χ1) is 11.2. The highest BCUT2D eigenvalue weighted by molar-refractivity contribution is 5.98. The maximum atomic E-state index is 12.7. The van der Waals surface area contributed by atoms with Crippen molar-refractivity contribution in [1.82, 2.24) is 5.32 Å². The van der Waals surface area contributed by atoms with E-state index in [0.717, 1.165) is 5.56 Å². The maximum absolute atomic E-state index is 12.7. The molecule has 2 bridgehead atoms. The number of amides is 2. The van der Waals surface area contributed by atoms with Gasteiger partial charge in [-0.15, -0.1) is 0 Å². The summed E-state index contributed by atoms with van der Waals surface area (Å²) in [6.07, 6.45) is 0.942. The molecule has 3 rings (SSSR count). The van der Waals surface area contributed by atoms with E-state index in [4.69, 9.17) is 9.47 Å². The first kappa shape index (κ1) is 17.1. The van der Waals surface area contributed by atoms with E-state index in [0.29, 0.717) is 19.4 Å². The van der Waals surface area contributed by atoms with Crippen LogP contribution in [0.5, 0.6) is 0 Å². The molecule has 0 spiro atoms. The lowest BCUT2D eigenvalue weighted by Gasteiger charge is -2.44. The van der Waals surface area contributed by atoms with Crippen LogP contribution >= 0.6 is 0 Å². The van der Waals surface area contributed by atoms with Gasteiger partial charge in [-0.05, 0) is 39.2 Å². The van der Waals surface area contributed by atoms with Crippen molar-refractivity contribution in [2.24, 2.45) is 5.41 Å². The number of imide groups is 1. The van der Waals surface area contributed by atoms with Gasteiger partial charge in [0.2, 0.25) is 11.8 Å². The van der Waals surface area contributed by atoms with Crippen LogP contribution in [0.15, 0.2) is 30.3 Å². The molecular weight excluding hydrogens is 306 g/mol. The van der Waals surface area contributed by atoms with E-state index < -0.39 is 16.6 Å². The molecule has 1 aromatic rings. The summed E-state index contributed by atoms with van der Waals surface area (Å²) in [5, 5.41) is 2.46. The molecule has 0 aromatic heterocycles. The van der Waals surface area contributed by atoms with Crippen LogP contribution in [0.2, 0.25) is 0 Å². The molecule has 1 N–H and O–H groups in total. The molecule has 0 radical (unpaired) electrons. The van der Waals surface area contributed by atoms with Crippen molar-refractivity contribution >= 4 is 11.8 Å². The van der Waals surface area contributed by atoms with Gasteiger partial charge in [0.1, 0.15) is 0 Å². The topological polar surface area (TPSA) is 64.6 Å². The Morgan fingerprint density at radius 2 is 1.92 bits per heavy atom. The van der Waals surface area contributed by atoms with Crippen molar-refractivity contribution in [2.45, 2.75) is 64.4 Å². The van der Waals surface area contributed by atoms with Gasteiger partial charge in [0.25, 0.3) is 0 Å². The molecule has 5 heteroatoms. The Kier molecular flexibility index (Phi) is 4.04. The largest absolute Gasteiger partial charge is 0.371 e. The number of hydrogen-bond donors (Lipinski definition) is 1. The van der Waals surface area contributed by atoms with E-state index >= 15 is 0 Å². The van der Waals surface area contributed by atoms with Crippen molar-refractivity contribution in [1.29, 1.82) is 0 Å². The SMILES string of the molecule is CC(=O)NC(=O)[C@@]12C[C@H](OCc3ccccc3)[C@@](C)(C1)OC2(C)C. The quantitative estimate of drug-likeness (QED) is 0.921. The van der Waals surface area contributed by atoms with Gasteiger partial charge < -0.3 is 9.47 Å². The van der Waals surface area contributed by atoms with Gasteiger partial charge in [0.05, 0.1) is 29.3 Å². The number of benzene rings is 1. The third-order valence-corrected chi connectivity index (χ3v) is 5.53. The average molecular weight is 331 g/mol. The van der Waals surface area contributed by atoms with Crippen molar-refractivity contribution in [3.63, 3.8) is 0 Å². The zero-order valence-electron chi connectivity index (χ0n) is 14.7. The summed E-state index contributed by atoms with van der Waals surface area (Å²) in [4.78, 5) is 24.1. The van der Waals surface area contributed by atoms with Crippen molar-refractivity contribution < 1.29 is 19.1 Å². The third-order valence-electron chi connectivity index (χ3n) is 5.53. The minimum atomic E-state index is -0.741. The van der Waals surface area contributed by atoms with Gasteiger partial charge in [-0.1, -0.05) is 30.3 Å². The van der Waals surface area contributed by atoms with Gasteiger partial charge in [-0.25, -0.2) is 0 Å². The smallest absolute Gasteiger partial charge is 0.235 e. The Labute approximate surface area is 142 Å². The van der Waals surface area contributed by atoms with Crippen LogP contribution in [-0.4, -0.2) is 29.1 Å². The lowest BCUT2D eigenvalue weighted by molar-refractivity contribution is -0.203. The molecule has 1 saturated carbocycles. The molecule has 2 fully saturated rings. The minimum absolute atomic E-state index is 0.177. The van der Waals surface area contributed by atoms with Crippen LogP contribution in [0.25, 0.3) is 0 Å². The molecule has 2 amide bonds. The molecule has 24 heavy (non-hydrogen) atoms. The molecule has 130 valence electrons. The Balaban J connectivity index is 1.79. The van der Waals surface area contributed by atoms with Crippen molar-refractivity contribution in [3.8, 4) is 0 Å². The highest BCUT2D eigenvalue weighted by atomic mass is 16.6. The molecule has 5 nitrogen and oxygen atoms in total. The first-order valence-corrected chi connectivity index (χ1v) is 8.36. The number of hydrogen-bond acceptors (Lipinski definition) is 4. The Morgan fingerprint density at radius 3 is 2.54 bits per heavy atom. The maximum Gasteiger partial charge on any atom is 0.235 e. The highest BCUT2D eigenvalue weighted by Crippen LogP contribution is 2.62. The molecule has 1 saturated heterocycles. The van der Waals surface area contributed by atoms with E-state index in [1.807, 2.05) is 51.1 Å². The zero-order valence-corrected chi connectivity index (χ0v) is 14.7. The second-order valence-electron chi connectivity index (χ2n) is 7.68. The van der Waals surface area contributed by atoms with Gasteiger partial charge in [0, 0.05) is 6.92 Å². The molecule has 3 atom stereocenters. The van der Waals surface area contributed by atoms with E-state index in [9.17, 15) is 9.59 Å². The number of rotatable bonds is 4. The van der Waals surface area contributed by atoms with Gasteiger partial charge >= 0.3 is 0 Å². The summed E-state index contributed by atoms with van der Waals surface area (Å²) in [6, 6.07) is 9.94. The summed E-state index contributed by atoms with van der Waals surface area (Å²) in [5.74, 6) is -0.595. The molecule has 1 aliphatic carbocycles. The fourth-order valence-electron chi connectivity index (χ4n) is 4.29. The molecular formula is C19H25NO4. The van der Waals surface area contributed by atoms with Crippen LogP contribution < -0.4 is 5.32 Å². The number of carbonyl (C=O) groups is 2. The Morgan fingerprint density at radius 1 is 1.25 bits per heavy atom. The summed E-state index contributed by atoms with van der Waals surface area (Å²) in [6.45, 7) is 7.68. The van der Waals surface area contributed by atoms with Gasteiger partial charge in [-0.3, -0.25) is 14.9 Å². The predicted molar refractivity (Wildman–Crippen MR) is 89.1 cm³/mol. The number of nitrogens with one attached hydrogen (secondary N) is 1. The third kappa shape index (κ3) is 2.66. The highest BCUT2D eigenvalue weighted by Gasteiger charge is 2.71.